The molecule has 0 amide bonds. The molecule has 0 unspecified atom stereocenters. The molecule has 7 heteroatoms. The van der Waals surface area contributed by atoms with E-state index >= 15 is 0 Å². The third kappa shape index (κ3) is 6.01. The topological polar surface area (TPSA) is 47.3 Å². The van der Waals surface area contributed by atoms with Crippen LogP contribution in [0.5, 0.6) is 0 Å². The van der Waals surface area contributed by atoms with E-state index in [1.807, 2.05) is 59.4 Å². The van der Waals surface area contributed by atoms with Crippen LogP contribution in [0.4, 0.5) is 0 Å². The summed E-state index contributed by atoms with van der Waals surface area (Å²) in [7, 11) is 0. The van der Waals surface area contributed by atoms with Gasteiger partial charge in [-0.1, -0.05) is 58.4 Å². The van der Waals surface area contributed by atoms with Crippen molar-refractivity contribution in [1.29, 1.82) is 0 Å². The van der Waals surface area contributed by atoms with Crippen LogP contribution in [-0.4, -0.2) is 18.4 Å². The maximum atomic E-state index is 13.8. The van der Waals surface area contributed by atoms with E-state index < -0.39 is 0 Å². The summed E-state index contributed by atoms with van der Waals surface area (Å²) in [4.78, 5) is 27.2. The van der Waals surface area contributed by atoms with Gasteiger partial charge < -0.3 is 4.74 Å². The lowest BCUT2D eigenvalue weighted by Gasteiger charge is -2.10. The van der Waals surface area contributed by atoms with Crippen molar-refractivity contribution in [2.24, 2.45) is 0 Å². The van der Waals surface area contributed by atoms with E-state index in [9.17, 15) is 9.59 Å². The Labute approximate surface area is 244 Å². The number of thiophene rings is 1. The van der Waals surface area contributed by atoms with Gasteiger partial charge in [0.25, 0.3) is 0 Å². The fraction of sp³-hybridized carbons (Fsp3) is 0.156. The number of nitrogens with zero attached hydrogens (tertiary/aromatic N) is 1. The molecule has 3 aromatic carbocycles. The molecule has 196 valence electrons. The molecule has 0 bridgehead atoms. The predicted octanol–water partition coefficient (Wildman–Crippen LogP) is 7.88. The highest BCUT2D eigenvalue weighted by atomic mass is 79.9. The molecule has 0 atom stereocenters. The summed E-state index contributed by atoms with van der Waals surface area (Å²) in [5, 5.41) is 2.44. The SMILES string of the molecule is CCOC(=O)Cc1c(C(=O)c2ccc(Br)cc2)sc(SCc2c(C)ccc3ccccc23)c1-[n+]1ccccc1. The van der Waals surface area contributed by atoms with Crippen LogP contribution in [0.2, 0.25) is 0 Å². The molecule has 4 nitrogen and oxygen atoms in total. The van der Waals surface area contributed by atoms with E-state index in [4.69, 9.17) is 4.74 Å². The number of aryl methyl sites for hydroxylation is 1. The minimum Gasteiger partial charge on any atom is -0.466 e. The van der Waals surface area contributed by atoms with E-state index in [0.717, 1.165) is 20.1 Å². The predicted molar refractivity (Wildman–Crippen MR) is 162 cm³/mol. The fourth-order valence-electron chi connectivity index (χ4n) is 4.55. The third-order valence-electron chi connectivity index (χ3n) is 6.48. The van der Waals surface area contributed by atoms with Crippen molar-refractivity contribution in [2.45, 2.75) is 30.2 Å². The van der Waals surface area contributed by atoms with Gasteiger partial charge in [0, 0.05) is 27.9 Å². The molecule has 0 aliphatic rings. The summed E-state index contributed by atoms with van der Waals surface area (Å²) >= 11 is 6.60. The summed E-state index contributed by atoms with van der Waals surface area (Å²) in [5.41, 5.74) is 4.63. The van der Waals surface area contributed by atoms with Gasteiger partial charge >= 0.3 is 5.97 Å². The van der Waals surface area contributed by atoms with Gasteiger partial charge in [-0.15, -0.1) is 23.1 Å². The first-order chi connectivity index (χ1) is 19.0. The van der Waals surface area contributed by atoms with Crippen LogP contribution < -0.4 is 4.57 Å². The number of pyridine rings is 1. The quantitative estimate of drug-likeness (QED) is 0.0731. The molecule has 5 aromatic rings. The number of halogens is 1. The number of benzene rings is 3. The number of rotatable bonds is 9. The average molecular weight is 618 g/mol. The molecule has 0 spiro atoms. The van der Waals surface area contributed by atoms with Crippen LogP contribution in [0, 0.1) is 6.92 Å². The van der Waals surface area contributed by atoms with Gasteiger partial charge in [-0.3, -0.25) is 9.59 Å². The number of carbonyl (C=O) groups excluding carboxylic acids is 2. The highest BCUT2D eigenvalue weighted by Gasteiger charge is 2.31. The number of hydrogen-bond acceptors (Lipinski definition) is 5. The van der Waals surface area contributed by atoms with Crippen molar-refractivity contribution in [3.8, 4) is 5.69 Å². The smallest absolute Gasteiger partial charge is 0.310 e. The van der Waals surface area contributed by atoms with Crippen molar-refractivity contribution in [3.05, 3.63) is 123 Å². The third-order valence-corrected chi connectivity index (χ3v) is 9.52. The number of carbonyl (C=O) groups is 2. The van der Waals surface area contributed by atoms with Gasteiger partial charge in [0.05, 0.1) is 23.5 Å². The number of esters is 1. The molecule has 0 saturated carbocycles. The molecule has 0 fully saturated rings. The fourth-order valence-corrected chi connectivity index (χ4v) is 7.51. The number of ketones is 1. The maximum absolute atomic E-state index is 13.8. The molecule has 0 aliphatic heterocycles. The Bertz CT molecular complexity index is 1650. The Balaban J connectivity index is 1.64. The lowest BCUT2D eigenvalue weighted by atomic mass is 10.0. The second-order valence-electron chi connectivity index (χ2n) is 9.02. The molecule has 0 N–H and O–H groups in total. The second kappa shape index (κ2) is 12.3. The van der Waals surface area contributed by atoms with E-state index in [-0.39, 0.29) is 24.8 Å². The summed E-state index contributed by atoms with van der Waals surface area (Å²) in [5.74, 6) is 0.288. The first-order valence-electron chi connectivity index (χ1n) is 12.6. The van der Waals surface area contributed by atoms with Crippen LogP contribution in [0.1, 0.15) is 38.8 Å². The van der Waals surface area contributed by atoms with E-state index in [1.165, 1.54) is 33.2 Å². The minimum atomic E-state index is -0.348. The Morgan fingerprint density at radius 2 is 1.67 bits per heavy atom. The Hall–Kier alpha value is -3.26. The van der Waals surface area contributed by atoms with Gasteiger partial charge in [0.2, 0.25) is 11.5 Å². The maximum Gasteiger partial charge on any atom is 0.310 e. The highest BCUT2D eigenvalue weighted by Crippen LogP contribution is 2.41. The van der Waals surface area contributed by atoms with Crippen molar-refractivity contribution in [1.82, 2.24) is 0 Å². The Morgan fingerprint density at radius 1 is 0.923 bits per heavy atom. The lowest BCUT2D eigenvalue weighted by molar-refractivity contribution is -0.598. The van der Waals surface area contributed by atoms with E-state index in [2.05, 4.69) is 59.3 Å². The monoisotopic (exact) mass is 616 g/mol. The van der Waals surface area contributed by atoms with Crippen LogP contribution in [0.15, 0.2) is 99.9 Å². The molecular weight excluding hydrogens is 590 g/mol. The molecule has 5 rings (SSSR count). The number of hydrogen-bond donors (Lipinski definition) is 0. The number of ether oxygens (including phenoxy) is 1. The van der Waals surface area contributed by atoms with Crippen molar-refractivity contribution in [3.63, 3.8) is 0 Å². The number of aromatic nitrogens is 1. The molecule has 2 heterocycles. The second-order valence-corrected chi connectivity index (χ2v) is 12.2. The zero-order chi connectivity index (χ0) is 27.4. The number of fused-ring (bicyclic) bond motifs is 1. The average Bonchev–Trinajstić information content (AvgIpc) is 3.30. The summed E-state index contributed by atoms with van der Waals surface area (Å²) in [6.45, 7) is 4.22. The minimum absolute atomic E-state index is 0.0209. The molecule has 0 saturated heterocycles. The van der Waals surface area contributed by atoms with E-state index in [1.54, 1.807) is 18.7 Å². The zero-order valence-corrected chi connectivity index (χ0v) is 24.9. The standard InChI is InChI=1S/C32H27BrNO3S2/c1-3-37-28(35)19-26-29(34-17-7-4-8-18-34)32(39-31(26)30(36)23-13-15-24(33)16-14-23)38-20-27-21(2)11-12-22-9-5-6-10-25(22)27/h4-18H,3,19-20H2,1-2H3/q+1. The molecule has 0 radical (unpaired) electrons. The van der Waals surface area contributed by atoms with Gasteiger partial charge in [0.1, 0.15) is 4.21 Å². The zero-order valence-electron chi connectivity index (χ0n) is 21.6. The van der Waals surface area contributed by atoms with Gasteiger partial charge in [0.15, 0.2) is 12.4 Å². The summed E-state index contributed by atoms with van der Waals surface area (Å²) < 4.78 is 9.22. The van der Waals surface area contributed by atoms with Gasteiger partial charge in [-0.2, -0.15) is 4.57 Å². The van der Waals surface area contributed by atoms with Gasteiger partial charge in [-0.05, 0) is 60.0 Å². The Morgan fingerprint density at radius 3 is 2.41 bits per heavy atom. The summed E-state index contributed by atoms with van der Waals surface area (Å²) in [6, 6.07) is 25.9. The van der Waals surface area contributed by atoms with E-state index in [0.29, 0.717) is 16.0 Å². The van der Waals surface area contributed by atoms with Crippen LogP contribution >= 0.6 is 39.0 Å². The highest BCUT2D eigenvalue weighted by molar-refractivity contribution is 9.10. The van der Waals surface area contributed by atoms with Crippen LogP contribution in [0.3, 0.4) is 0 Å². The largest absolute Gasteiger partial charge is 0.466 e. The van der Waals surface area contributed by atoms with Crippen molar-refractivity contribution in [2.75, 3.05) is 6.61 Å². The molecule has 2 aromatic heterocycles. The molecular formula is C32H27BrNO3S2+. The summed E-state index contributed by atoms with van der Waals surface area (Å²) in [6.07, 6.45) is 3.93. The van der Waals surface area contributed by atoms with Crippen LogP contribution in [-0.2, 0) is 21.7 Å². The van der Waals surface area contributed by atoms with Crippen molar-refractivity contribution < 1.29 is 18.9 Å². The molecule has 0 aliphatic carbocycles. The van der Waals surface area contributed by atoms with Crippen molar-refractivity contribution >= 4 is 61.6 Å². The normalized spacial score (nSPS) is 11.1. The molecule has 39 heavy (non-hydrogen) atoms. The first kappa shape index (κ1) is 27.3. The van der Waals surface area contributed by atoms with Gasteiger partial charge in [-0.25, -0.2) is 0 Å². The number of thioether (sulfide) groups is 1. The lowest BCUT2D eigenvalue weighted by Crippen LogP contribution is -2.31. The first-order valence-corrected chi connectivity index (χ1v) is 15.2. The van der Waals surface area contributed by atoms with Crippen LogP contribution in [0.25, 0.3) is 16.5 Å². The Kier molecular flexibility index (Phi) is 8.60.